The zero-order chi connectivity index (χ0) is 19.8. The lowest BCUT2D eigenvalue weighted by Crippen LogP contribution is -2.59. The molecule has 1 aromatic carbocycles. The summed E-state index contributed by atoms with van der Waals surface area (Å²) in [5.41, 5.74) is -0.463. The molecule has 0 radical (unpaired) electrons. The van der Waals surface area contributed by atoms with Gasteiger partial charge in [0.05, 0.1) is 19.5 Å². The summed E-state index contributed by atoms with van der Waals surface area (Å²) in [4.78, 5) is 0. The predicted octanol–water partition coefficient (Wildman–Crippen LogP) is -0.932. The Hall–Kier alpha value is -1.53. The molecule has 1 aromatic rings. The minimum Gasteiger partial charge on any atom is -0.394 e. The first kappa shape index (κ1) is 10.2. The van der Waals surface area contributed by atoms with Crippen LogP contribution in [0.1, 0.15) is 18.5 Å². The Morgan fingerprint density at radius 1 is 1.24 bits per heavy atom. The molecular weight excluding hydrogens is 278 g/mol. The summed E-state index contributed by atoms with van der Waals surface area (Å²) >= 11 is 0. The van der Waals surface area contributed by atoms with E-state index >= 15 is 0 Å². The lowest BCUT2D eigenvalue weighted by Gasteiger charge is -2.40. The summed E-state index contributed by atoms with van der Waals surface area (Å²) in [6.07, 6.45) is -9.87. The standard InChI is InChI=1S/C14H17NO6/c15-6-9(8-4-2-1-3-5-8)20-14-13(19)12(18)11(17)10(7-16)21-14/h1-5,9-14,16-19H,7H2/t9-,10-,11-,12+,13+,14-/m1/s1/i1D,2D,3D,4D,5D. The molecule has 0 spiro atoms. The number of nitrogens with zero attached hydrogens (tertiary/aromatic N) is 1. The first-order chi connectivity index (χ1) is 12.1. The largest absolute Gasteiger partial charge is 0.394 e. The molecule has 1 heterocycles. The molecule has 0 amide bonds. The van der Waals surface area contributed by atoms with E-state index in [1.54, 1.807) is 6.07 Å². The van der Waals surface area contributed by atoms with E-state index in [9.17, 15) is 20.6 Å². The van der Waals surface area contributed by atoms with Crippen LogP contribution in [0.4, 0.5) is 0 Å². The molecule has 114 valence electrons. The predicted molar refractivity (Wildman–Crippen MR) is 69.6 cm³/mol. The van der Waals surface area contributed by atoms with Gasteiger partial charge < -0.3 is 29.9 Å². The second-order valence-electron chi connectivity index (χ2n) is 4.38. The van der Waals surface area contributed by atoms with Gasteiger partial charge in [0, 0.05) is 0 Å². The normalized spacial score (nSPS) is 37.5. The number of benzene rings is 1. The zero-order valence-electron chi connectivity index (χ0n) is 15.7. The zero-order valence-corrected chi connectivity index (χ0v) is 10.7. The molecule has 0 aromatic heterocycles. The van der Waals surface area contributed by atoms with Gasteiger partial charge in [-0.05, 0) is 5.56 Å². The van der Waals surface area contributed by atoms with Crippen molar-refractivity contribution in [3.8, 4) is 6.07 Å². The van der Waals surface area contributed by atoms with Crippen LogP contribution in [0.3, 0.4) is 0 Å². The quantitative estimate of drug-likeness (QED) is 0.566. The highest BCUT2D eigenvalue weighted by atomic mass is 16.7. The number of nitriles is 1. The maximum absolute atomic E-state index is 9.96. The Bertz CT molecular complexity index is 698. The van der Waals surface area contributed by atoms with Gasteiger partial charge in [-0.1, -0.05) is 30.2 Å². The van der Waals surface area contributed by atoms with Gasteiger partial charge in [-0.15, -0.1) is 0 Å². The fraction of sp³-hybridized carbons (Fsp3) is 0.500. The van der Waals surface area contributed by atoms with Crippen molar-refractivity contribution < 1.29 is 36.8 Å². The van der Waals surface area contributed by atoms with Gasteiger partial charge in [0.25, 0.3) is 0 Å². The Kier molecular flexibility index (Phi) is 3.39. The summed E-state index contributed by atoms with van der Waals surface area (Å²) in [5, 5.41) is 47.9. The molecule has 7 nitrogen and oxygen atoms in total. The number of ether oxygens (including phenoxy) is 2. The molecule has 1 fully saturated rings. The van der Waals surface area contributed by atoms with Crippen molar-refractivity contribution >= 4 is 0 Å². The maximum Gasteiger partial charge on any atom is 0.188 e. The molecule has 0 bridgehead atoms. The van der Waals surface area contributed by atoms with Crippen LogP contribution in [-0.2, 0) is 9.47 Å². The minimum absolute atomic E-state index is 0.463. The molecule has 0 aliphatic carbocycles. The lowest BCUT2D eigenvalue weighted by atomic mass is 9.99. The molecule has 1 aliphatic heterocycles. The average Bonchev–Trinajstić information content (AvgIpc) is 2.63. The second-order valence-corrected chi connectivity index (χ2v) is 4.38. The number of rotatable bonds is 4. The molecule has 2 rings (SSSR count). The minimum atomic E-state index is -1.80. The van der Waals surface area contributed by atoms with Gasteiger partial charge in [-0.3, -0.25) is 0 Å². The first-order valence-corrected chi connectivity index (χ1v) is 6.08. The molecule has 6 atom stereocenters. The summed E-state index contributed by atoms with van der Waals surface area (Å²) in [7, 11) is 0. The Balaban J connectivity index is 2.38. The number of aliphatic hydroxyl groups is 4. The Morgan fingerprint density at radius 2 is 1.90 bits per heavy atom. The van der Waals surface area contributed by atoms with Crippen LogP contribution in [-0.4, -0.2) is 57.7 Å². The van der Waals surface area contributed by atoms with Crippen molar-refractivity contribution in [1.82, 2.24) is 0 Å². The smallest absolute Gasteiger partial charge is 0.188 e. The van der Waals surface area contributed by atoms with Crippen LogP contribution < -0.4 is 0 Å². The number of hydrogen-bond acceptors (Lipinski definition) is 7. The van der Waals surface area contributed by atoms with Crippen LogP contribution in [0.25, 0.3) is 0 Å². The summed E-state index contributed by atoms with van der Waals surface area (Å²) in [5.74, 6) is 0. The summed E-state index contributed by atoms with van der Waals surface area (Å²) < 4.78 is 48.8. The van der Waals surface area contributed by atoms with E-state index in [0.717, 1.165) is 0 Å². The third-order valence-corrected chi connectivity index (χ3v) is 3.02. The number of aliphatic hydroxyl groups excluding tert-OH is 4. The molecule has 1 aliphatic rings. The molecule has 4 N–H and O–H groups in total. The lowest BCUT2D eigenvalue weighted by molar-refractivity contribution is -0.307. The monoisotopic (exact) mass is 300 g/mol. The first-order valence-electron chi connectivity index (χ1n) is 8.58. The summed E-state index contributed by atoms with van der Waals surface area (Å²) in [6, 6.07) is -1.69. The highest BCUT2D eigenvalue weighted by Crippen LogP contribution is 2.27. The van der Waals surface area contributed by atoms with Crippen LogP contribution in [0, 0.1) is 11.3 Å². The van der Waals surface area contributed by atoms with E-state index in [4.69, 9.17) is 21.4 Å². The van der Waals surface area contributed by atoms with Crippen molar-refractivity contribution in [2.75, 3.05) is 6.61 Å². The van der Waals surface area contributed by atoms with E-state index in [-0.39, 0.29) is 0 Å². The molecule has 21 heavy (non-hydrogen) atoms. The van der Waals surface area contributed by atoms with E-state index < -0.39 is 79.2 Å². The topological polar surface area (TPSA) is 123 Å². The van der Waals surface area contributed by atoms with Gasteiger partial charge in [0.2, 0.25) is 0 Å². The van der Waals surface area contributed by atoms with E-state index in [1.165, 1.54) is 0 Å². The fourth-order valence-electron chi connectivity index (χ4n) is 1.87. The summed E-state index contributed by atoms with van der Waals surface area (Å²) in [6.45, 7) is -0.712. The van der Waals surface area contributed by atoms with Crippen LogP contribution >= 0.6 is 0 Å². The van der Waals surface area contributed by atoms with Gasteiger partial charge in [0.1, 0.15) is 24.4 Å². The third kappa shape index (κ3) is 3.39. The van der Waals surface area contributed by atoms with E-state index in [0.29, 0.717) is 0 Å². The third-order valence-electron chi connectivity index (χ3n) is 3.02. The van der Waals surface area contributed by atoms with Crippen LogP contribution in [0.2, 0.25) is 0 Å². The number of hydrogen-bond donors (Lipinski definition) is 4. The van der Waals surface area contributed by atoms with Gasteiger partial charge >= 0.3 is 0 Å². The molecule has 1 saturated heterocycles. The van der Waals surface area contributed by atoms with Crippen LogP contribution in [0.5, 0.6) is 0 Å². The molecule has 0 saturated carbocycles. The maximum atomic E-state index is 9.96. The SMILES string of the molecule is [2H]c1c([2H])c([2H])c([C@@H](C#N)O[C@@H]2O[C@H](CO)[C@@H](O)[C@H](O)[C@@H]2O)c([2H])c1[2H]. The van der Waals surface area contributed by atoms with Crippen molar-refractivity contribution in [3.63, 3.8) is 0 Å². The van der Waals surface area contributed by atoms with Crippen molar-refractivity contribution in [3.05, 3.63) is 35.8 Å². The van der Waals surface area contributed by atoms with Gasteiger partial charge in [0.15, 0.2) is 12.4 Å². The van der Waals surface area contributed by atoms with Gasteiger partial charge in [-0.2, -0.15) is 5.26 Å². The molecular formula is C14H17NO6. The Labute approximate surface area is 128 Å². The Morgan fingerprint density at radius 3 is 2.48 bits per heavy atom. The highest BCUT2D eigenvalue weighted by Gasteiger charge is 2.44. The second kappa shape index (κ2) is 6.95. The fourth-order valence-corrected chi connectivity index (χ4v) is 1.87. The molecule has 0 unspecified atom stereocenters. The van der Waals surface area contributed by atoms with Crippen molar-refractivity contribution in [1.29, 1.82) is 5.26 Å². The van der Waals surface area contributed by atoms with Crippen molar-refractivity contribution in [2.24, 2.45) is 0 Å². The molecule has 7 heteroatoms. The van der Waals surface area contributed by atoms with E-state index in [1.807, 2.05) is 0 Å². The average molecular weight is 300 g/mol. The van der Waals surface area contributed by atoms with Crippen LogP contribution in [0.15, 0.2) is 30.2 Å². The van der Waals surface area contributed by atoms with Gasteiger partial charge in [-0.25, -0.2) is 0 Å². The highest BCUT2D eigenvalue weighted by molar-refractivity contribution is 5.22. The van der Waals surface area contributed by atoms with Crippen molar-refractivity contribution in [2.45, 2.75) is 36.8 Å². The van der Waals surface area contributed by atoms with E-state index in [2.05, 4.69) is 0 Å².